The molecule has 6 rings (SSSR count). The number of benzene rings is 5. The number of carbonyl (C=O) groups is 1. The summed E-state index contributed by atoms with van der Waals surface area (Å²) in [4.78, 5) is 11.8. The molecular formula is C33H24O4. The van der Waals surface area contributed by atoms with Crippen LogP contribution >= 0.6 is 0 Å². The van der Waals surface area contributed by atoms with Crippen LogP contribution in [0.4, 0.5) is 0 Å². The quantitative estimate of drug-likeness (QED) is 0.258. The van der Waals surface area contributed by atoms with Gasteiger partial charge in [0.1, 0.15) is 16.9 Å². The molecule has 4 heteroatoms. The van der Waals surface area contributed by atoms with Crippen molar-refractivity contribution in [3.63, 3.8) is 0 Å². The van der Waals surface area contributed by atoms with E-state index in [1.165, 1.54) is 0 Å². The van der Waals surface area contributed by atoms with Gasteiger partial charge in [0.15, 0.2) is 0 Å². The van der Waals surface area contributed by atoms with Gasteiger partial charge in [-0.05, 0) is 47.4 Å². The fourth-order valence-corrected chi connectivity index (χ4v) is 4.86. The number of fused-ring (bicyclic) bond motifs is 3. The Hall–Kier alpha value is -4.83. The third kappa shape index (κ3) is 4.23. The molecule has 0 saturated heterocycles. The molecule has 0 aliphatic rings. The Morgan fingerprint density at radius 1 is 0.730 bits per heavy atom. The predicted octanol–water partition coefficient (Wildman–Crippen LogP) is 8.43. The molecule has 0 amide bonds. The lowest BCUT2D eigenvalue weighted by atomic mass is 9.96. The molecule has 0 spiro atoms. The molecule has 0 fully saturated rings. The number of hydrogen-bond donors (Lipinski definition) is 1. The van der Waals surface area contributed by atoms with Crippen molar-refractivity contribution in [1.29, 1.82) is 0 Å². The Balaban J connectivity index is 1.29. The van der Waals surface area contributed by atoms with Gasteiger partial charge in [0.2, 0.25) is 6.10 Å². The molecule has 0 saturated carbocycles. The number of rotatable bonds is 6. The van der Waals surface area contributed by atoms with Crippen molar-refractivity contribution < 1.29 is 19.1 Å². The van der Waals surface area contributed by atoms with Crippen molar-refractivity contribution in [2.24, 2.45) is 0 Å². The highest BCUT2D eigenvalue weighted by Crippen LogP contribution is 2.37. The first-order chi connectivity index (χ1) is 18.1. The molecule has 37 heavy (non-hydrogen) atoms. The average Bonchev–Trinajstić information content (AvgIpc) is 3.31. The number of carboxylic acids is 1. The maximum atomic E-state index is 11.8. The highest BCUT2D eigenvalue weighted by Gasteiger charge is 2.22. The van der Waals surface area contributed by atoms with E-state index >= 15 is 0 Å². The van der Waals surface area contributed by atoms with E-state index in [0.717, 1.165) is 49.8 Å². The molecule has 1 unspecified atom stereocenters. The van der Waals surface area contributed by atoms with Crippen LogP contribution in [0.2, 0.25) is 0 Å². The molecule has 4 nitrogen and oxygen atoms in total. The zero-order valence-corrected chi connectivity index (χ0v) is 20.2. The third-order valence-corrected chi connectivity index (χ3v) is 6.69. The first kappa shape index (κ1) is 22.6. The van der Waals surface area contributed by atoms with Gasteiger partial charge in [-0.15, -0.1) is 0 Å². The van der Waals surface area contributed by atoms with E-state index in [9.17, 15) is 9.90 Å². The zero-order chi connectivity index (χ0) is 25.4. The van der Waals surface area contributed by atoms with E-state index in [0.29, 0.717) is 11.3 Å². The van der Waals surface area contributed by atoms with Crippen LogP contribution in [-0.2, 0) is 4.79 Å². The summed E-state index contributed by atoms with van der Waals surface area (Å²) in [6, 6.07) is 37.4. The van der Waals surface area contributed by atoms with E-state index in [1.807, 2.05) is 49.4 Å². The van der Waals surface area contributed by atoms with Gasteiger partial charge in [-0.3, -0.25) is 0 Å². The normalized spacial score (nSPS) is 12.0. The summed E-state index contributed by atoms with van der Waals surface area (Å²) in [7, 11) is 0. The zero-order valence-electron chi connectivity index (χ0n) is 20.2. The predicted molar refractivity (Wildman–Crippen MR) is 147 cm³/mol. The first-order valence-corrected chi connectivity index (χ1v) is 12.1. The molecule has 6 aromatic rings. The molecule has 0 aliphatic carbocycles. The number of aliphatic carboxylic acids is 1. The minimum absolute atomic E-state index is 0.519. The number of hydrogen-bond acceptors (Lipinski definition) is 3. The number of furan rings is 1. The molecule has 1 atom stereocenters. The topological polar surface area (TPSA) is 59.7 Å². The smallest absolute Gasteiger partial charge is 0.349 e. The van der Waals surface area contributed by atoms with Crippen LogP contribution in [0.3, 0.4) is 0 Å². The summed E-state index contributed by atoms with van der Waals surface area (Å²) in [5, 5.41) is 11.9. The van der Waals surface area contributed by atoms with E-state index in [1.54, 1.807) is 24.3 Å². The molecule has 0 aliphatic heterocycles. The molecular weight excluding hydrogens is 460 g/mol. The molecule has 180 valence electrons. The van der Waals surface area contributed by atoms with Gasteiger partial charge in [0, 0.05) is 21.9 Å². The fraction of sp³-hybridized carbons (Fsp3) is 0.0606. The lowest BCUT2D eigenvalue weighted by molar-refractivity contribution is -0.145. The van der Waals surface area contributed by atoms with Crippen LogP contribution in [-0.4, -0.2) is 11.1 Å². The fourth-order valence-electron chi connectivity index (χ4n) is 4.86. The second kappa shape index (κ2) is 9.32. The molecule has 0 bridgehead atoms. The summed E-state index contributed by atoms with van der Waals surface area (Å²) in [5.74, 6) is -0.506. The van der Waals surface area contributed by atoms with Crippen LogP contribution in [0.25, 0.3) is 44.2 Å². The van der Waals surface area contributed by atoms with Crippen LogP contribution in [0, 0.1) is 6.92 Å². The van der Waals surface area contributed by atoms with Crippen LogP contribution in [0.15, 0.2) is 120 Å². The molecule has 1 heterocycles. The minimum atomic E-state index is -1.06. The second-order valence-corrected chi connectivity index (χ2v) is 9.08. The highest BCUT2D eigenvalue weighted by atomic mass is 16.5. The number of para-hydroxylation sites is 2. The SMILES string of the molecule is Cc1cc(OC(C(=O)O)c2ccccc2)ccc1-c1ccc(-c2cccc3c2oc2ccccc23)cc1. The maximum Gasteiger partial charge on any atom is 0.349 e. The summed E-state index contributed by atoms with van der Waals surface area (Å²) in [6.07, 6.45) is -1.06. The summed E-state index contributed by atoms with van der Waals surface area (Å²) >= 11 is 0. The van der Waals surface area contributed by atoms with Gasteiger partial charge in [-0.2, -0.15) is 0 Å². The van der Waals surface area contributed by atoms with Crippen molar-refractivity contribution in [3.8, 4) is 28.0 Å². The van der Waals surface area contributed by atoms with Crippen LogP contribution in [0.5, 0.6) is 5.75 Å². The standard InChI is InChI=1S/C33H24O4/c1-21-20-25(36-31(33(34)35)24-8-3-2-4-9-24)18-19-26(21)22-14-16-23(17-15-22)27-11-7-12-29-28-10-5-6-13-30(28)37-32(27)29/h2-20,31H,1H3,(H,34,35). The Morgan fingerprint density at radius 2 is 1.41 bits per heavy atom. The van der Waals surface area contributed by atoms with Gasteiger partial charge >= 0.3 is 5.97 Å². The van der Waals surface area contributed by atoms with Crippen molar-refractivity contribution in [1.82, 2.24) is 0 Å². The summed E-state index contributed by atoms with van der Waals surface area (Å²) in [5.41, 5.74) is 7.65. The van der Waals surface area contributed by atoms with Gasteiger partial charge < -0.3 is 14.3 Å². The summed E-state index contributed by atoms with van der Waals surface area (Å²) < 4.78 is 12.1. The molecule has 0 radical (unpaired) electrons. The van der Waals surface area contributed by atoms with Crippen LogP contribution < -0.4 is 4.74 Å². The van der Waals surface area contributed by atoms with Gasteiger partial charge in [-0.25, -0.2) is 4.79 Å². The first-order valence-electron chi connectivity index (χ1n) is 12.1. The van der Waals surface area contributed by atoms with E-state index in [2.05, 4.69) is 48.5 Å². The van der Waals surface area contributed by atoms with E-state index in [4.69, 9.17) is 9.15 Å². The molecule has 1 N–H and O–H groups in total. The molecule has 1 aromatic heterocycles. The Morgan fingerprint density at radius 3 is 2.14 bits per heavy atom. The van der Waals surface area contributed by atoms with E-state index in [-0.39, 0.29) is 0 Å². The van der Waals surface area contributed by atoms with Crippen molar-refractivity contribution in [3.05, 3.63) is 126 Å². The monoisotopic (exact) mass is 484 g/mol. The van der Waals surface area contributed by atoms with Crippen molar-refractivity contribution >= 4 is 27.9 Å². The van der Waals surface area contributed by atoms with E-state index < -0.39 is 12.1 Å². The van der Waals surface area contributed by atoms with Crippen molar-refractivity contribution in [2.45, 2.75) is 13.0 Å². The summed E-state index contributed by atoms with van der Waals surface area (Å²) in [6.45, 7) is 2.00. The number of ether oxygens (including phenoxy) is 1. The number of aryl methyl sites for hydroxylation is 1. The van der Waals surface area contributed by atoms with Gasteiger partial charge in [0.25, 0.3) is 0 Å². The maximum absolute atomic E-state index is 11.8. The van der Waals surface area contributed by atoms with Crippen molar-refractivity contribution in [2.75, 3.05) is 0 Å². The lowest BCUT2D eigenvalue weighted by Crippen LogP contribution is -2.18. The number of carboxylic acid groups (broad SMARTS) is 1. The second-order valence-electron chi connectivity index (χ2n) is 9.08. The van der Waals surface area contributed by atoms with Gasteiger partial charge in [-0.1, -0.05) is 97.1 Å². The van der Waals surface area contributed by atoms with Crippen LogP contribution in [0.1, 0.15) is 17.2 Å². The highest BCUT2D eigenvalue weighted by molar-refractivity contribution is 6.09. The largest absolute Gasteiger partial charge is 0.478 e. The Kier molecular flexibility index (Phi) is 5.70. The minimum Gasteiger partial charge on any atom is -0.478 e. The molecule has 5 aromatic carbocycles. The van der Waals surface area contributed by atoms with Gasteiger partial charge in [0.05, 0.1) is 0 Å². The Labute approximate surface area is 214 Å². The average molecular weight is 485 g/mol. The third-order valence-electron chi connectivity index (χ3n) is 6.69. The Bertz CT molecular complexity index is 1730. The lowest BCUT2D eigenvalue weighted by Gasteiger charge is -2.17.